The summed E-state index contributed by atoms with van der Waals surface area (Å²) >= 11 is 11.8. The summed E-state index contributed by atoms with van der Waals surface area (Å²) in [5.74, 6) is -0.879. The number of benzene rings is 1. The normalized spacial score (nSPS) is 21.7. The highest BCUT2D eigenvalue weighted by molar-refractivity contribution is 6.42. The molecule has 0 saturated heterocycles. The number of halogens is 2. The SMILES string of the molecule is CC1=NC(=O)N(C(=O)O)C(c2ccc(Cl)c(Cl)c2)C1C#N. The molecule has 8 heteroatoms. The molecular weight excluding hydrogens is 317 g/mol. The maximum absolute atomic E-state index is 11.8. The Morgan fingerprint density at radius 1 is 1.43 bits per heavy atom. The number of carbonyl (C=O) groups excluding carboxylic acids is 1. The summed E-state index contributed by atoms with van der Waals surface area (Å²) in [7, 11) is 0. The zero-order valence-corrected chi connectivity index (χ0v) is 12.3. The molecule has 0 radical (unpaired) electrons. The molecule has 0 spiro atoms. The van der Waals surface area contributed by atoms with Gasteiger partial charge in [-0.25, -0.2) is 19.5 Å². The minimum absolute atomic E-state index is 0.212. The lowest BCUT2D eigenvalue weighted by Crippen LogP contribution is -2.46. The quantitative estimate of drug-likeness (QED) is 0.850. The average Bonchev–Trinajstić information content (AvgIpc) is 2.40. The van der Waals surface area contributed by atoms with E-state index in [1.54, 1.807) is 0 Å². The third kappa shape index (κ3) is 2.71. The molecule has 2 atom stereocenters. The summed E-state index contributed by atoms with van der Waals surface area (Å²) in [5, 5.41) is 19.0. The maximum Gasteiger partial charge on any atom is 0.416 e. The molecule has 1 N–H and O–H groups in total. The minimum atomic E-state index is -1.48. The highest BCUT2D eigenvalue weighted by Crippen LogP contribution is 2.36. The van der Waals surface area contributed by atoms with E-state index in [0.717, 1.165) is 0 Å². The summed E-state index contributed by atoms with van der Waals surface area (Å²) in [6.07, 6.45) is -1.48. The highest BCUT2D eigenvalue weighted by atomic mass is 35.5. The number of rotatable bonds is 1. The van der Waals surface area contributed by atoms with Gasteiger partial charge in [0.1, 0.15) is 5.92 Å². The standard InChI is InChI=1S/C13H9Cl2N3O3/c1-6-8(5-16)11(18(13(20)21)12(19)17-6)7-2-3-9(14)10(15)4-7/h2-4,8,11H,1H3,(H,20,21). The van der Waals surface area contributed by atoms with Gasteiger partial charge >= 0.3 is 12.1 Å². The molecule has 1 aliphatic rings. The third-order valence-electron chi connectivity index (χ3n) is 3.15. The molecule has 0 bridgehead atoms. The third-order valence-corrected chi connectivity index (χ3v) is 3.89. The Bertz CT molecular complexity index is 696. The number of carbonyl (C=O) groups is 2. The molecule has 1 heterocycles. The second-order valence-electron chi connectivity index (χ2n) is 4.41. The fourth-order valence-corrected chi connectivity index (χ4v) is 2.48. The summed E-state index contributed by atoms with van der Waals surface area (Å²) in [6, 6.07) is 4.51. The van der Waals surface area contributed by atoms with Crippen LogP contribution in [0.4, 0.5) is 9.59 Å². The zero-order valence-electron chi connectivity index (χ0n) is 10.7. The van der Waals surface area contributed by atoms with Gasteiger partial charge in [-0.05, 0) is 24.6 Å². The van der Waals surface area contributed by atoms with Crippen molar-refractivity contribution in [3.05, 3.63) is 33.8 Å². The van der Waals surface area contributed by atoms with Gasteiger partial charge in [-0.3, -0.25) is 0 Å². The number of hydrogen-bond acceptors (Lipinski definition) is 3. The van der Waals surface area contributed by atoms with Crippen LogP contribution in [0.2, 0.25) is 10.0 Å². The molecular formula is C13H9Cl2N3O3. The highest BCUT2D eigenvalue weighted by Gasteiger charge is 2.42. The Morgan fingerprint density at radius 3 is 2.62 bits per heavy atom. The molecule has 1 aromatic rings. The number of aliphatic imine (C=N–C) groups is 1. The molecule has 2 unspecified atom stereocenters. The predicted molar refractivity (Wildman–Crippen MR) is 76.7 cm³/mol. The van der Waals surface area contributed by atoms with E-state index >= 15 is 0 Å². The summed E-state index contributed by atoms with van der Waals surface area (Å²) < 4.78 is 0. The van der Waals surface area contributed by atoms with E-state index in [2.05, 4.69) is 4.99 Å². The van der Waals surface area contributed by atoms with Crippen molar-refractivity contribution < 1.29 is 14.7 Å². The summed E-state index contributed by atoms with van der Waals surface area (Å²) in [5.41, 5.74) is 0.664. The van der Waals surface area contributed by atoms with Crippen molar-refractivity contribution in [1.29, 1.82) is 5.26 Å². The van der Waals surface area contributed by atoms with Gasteiger partial charge in [-0.1, -0.05) is 29.3 Å². The van der Waals surface area contributed by atoms with Crippen molar-refractivity contribution in [3.8, 4) is 6.07 Å². The lowest BCUT2D eigenvalue weighted by Gasteiger charge is -2.33. The molecule has 21 heavy (non-hydrogen) atoms. The minimum Gasteiger partial charge on any atom is -0.465 e. The van der Waals surface area contributed by atoms with Crippen LogP contribution in [0.25, 0.3) is 0 Å². The Morgan fingerprint density at radius 2 is 2.10 bits per heavy atom. The van der Waals surface area contributed by atoms with Crippen LogP contribution in [-0.4, -0.2) is 27.8 Å². The van der Waals surface area contributed by atoms with Crippen LogP contribution in [0.15, 0.2) is 23.2 Å². The maximum atomic E-state index is 11.8. The number of urea groups is 1. The molecule has 0 saturated carbocycles. The van der Waals surface area contributed by atoms with E-state index in [1.807, 2.05) is 6.07 Å². The molecule has 2 rings (SSSR count). The lowest BCUT2D eigenvalue weighted by molar-refractivity contribution is 0.129. The fraction of sp³-hybridized carbons (Fsp3) is 0.231. The topological polar surface area (TPSA) is 93.8 Å². The van der Waals surface area contributed by atoms with Crippen LogP contribution in [-0.2, 0) is 0 Å². The smallest absolute Gasteiger partial charge is 0.416 e. The molecule has 1 aromatic carbocycles. The molecule has 0 fully saturated rings. The van der Waals surface area contributed by atoms with E-state index in [0.29, 0.717) is 15.5 Å². The van der Waals surface area contributed by atoms with Crippen molar-refractivity contribution in [2.75, 3.05) is 0 Å². The number of nitriles is 1. The largest absolute Gasteiger partial charge is 0.465 e. The van der Waals surface area contributed by atoms with Crippen LogP contribution in [0.1, 0.15) is 18.5 Å². The second kappa shape index (κ2) is 5.72. The van der Waals surface area contributed by atoms with Crippen LogP contribution >= 0.6 is 23.2 Å². The van der Waals surface area contributed by atoms with Gasteiger partial charge in [-0.15, -0.1) is 0 Å². The Balaban J connectivity index is 2.61. The molecule has 0 aromatic heterocycles. The fourth-order valence-electron chi connectivity index (χ4n) is 2.17. The van der Waals surface area contributed by atoms with E-state index in [4.69, 9.17) is 23.2 Å². The Kier molecular flexibility index (Phi) is 4.16. The Labute approximate surface area is 130 Å². The van der Waals surface area contributed by atoms with Crippen LogP contribution in [0.5, 0.6) is 0 Å². The first-order chi connectivity index (χ1) is 9.86. The van der Waals surface area contributed by atoms with Gasteiger partial charge in [0.25, 0.3) is 0 Å². The first-order valence-corrected chi connectivity index (χ1v) is 6.58. The van der Waals surface area contributed by atoms with Gasteiger partial charge in [0.05, 0.1) is 22.2 Å². The number of imide groups is 1. The van der Waals surface area contributed by atoms with E-state index < -0.39 is 24.1 Å². The van der Waals surface area contributed by atoms with Crippen molar-refractivity contribution in [1.82, 2.24) is 4.90 Å². The first kappa shape index (κ1) is 15.3. The van der Waals surface area contributed by atoms with Crippen LogP contribution < -0.4 is 0 Å². The number of carboxylic acid groups (broad SMARTS) is 1. The number of nitrogens with zero attached hydrogens (tertiary/aromatic N) is 3. The molecule has 0 aliphatic carbocycles. The van der Waals surface area contributed by atoms with E-state index in [-0.39, 0.29) is 10.7 Å². The zero-order chi connectivity index (χ0) is 15.7. The molecule has 1 aliphatic heterocycles. The second-order valence-corrected chi connectivity index (χ2v) is 5.23. The van der Waals surface area contributed by atoms with E-state index in [9.17, 15) is 20.0 Å². The van der Waals surface area contributed by atoms with Gasteiger partial charge in [0.2, 0.25) is 0 Å². The van der Waals surface area contributed by atoms with Gasteiger partial charge in [0.15, 0.2) is 0 Å². The number of amides is 3. The molecule has 6 nitrogen and oxygen atoms in total. The van der Waals surface area contributed by atoms with Crippen molar-refractivity contribution in [3.63, 3.8) is 0 Å². The van der Waals surface area contributed by atoms with Gasteiger partial charge < -0.3 is 5.11 Å². The summed E-state index contributed by atoms with van der Waals surface area (Å²) in [4.78, 5) is 27.3. The Hall–Kier alpha value is -2.10. The molecule has 108 valence electrons. The lowest BCUT2D eigenvalue weighted by atomic mass is 9.88. The average molecular weight is 326 g/mol. The monoisotopic (exact) mass is 325 g/mol. The summed E-state index contributed by atoms with van der Waals surface area (Å²) in [6.45, 7) is 1.51. The van der Waals surface area contributed by atoms with Gasteiger partial charge in [0, 0.05) is 5.71 Å². The predicted octanol–water partition coefficient (Wildman–Crippen LogP) is 3.75. The number of hydrogen-bond donors (Lipinski definition) is 1. The van der Waals surface area contributed by atoms with Gasteiger partial charge in [-0.2, -0.15) is 5.26 Å². The van der Waals surface area contributed by atoms with Crippen molar-refractivity contribution in [2.24, 2.45) is 10.9 Å². The van der Waals surface area contributed by atoms with Crippen LogP contribution in [0.3, 0.4) is 0 Å². The van der Waals surface area contributed by atoms with E-state index in [1.165, 1.54) is 25.1 Å². The van der Waals surface area contributed by atoms with Crippen molar-refractivity contribution >= 4 is 41.0 Å². The first-order valence-electron chi connectivity index (χ1n) is 5.82. The van der Waals surface area contributed by atoms with Crippen molar-refractivity contribution in [2.45, 2.75) is 13.0 Å². The molecule has 3 amide bonds. The van der Waals surface area contributed by atoms with Crippen LogP contribution in [0, 0.1) is 17.2 Å².